The van der Waals surface area contributed by atoms with Crippen LogP contribution >= 0.6 is 0 Å². The average Bonchev–Trinajstić information content (AvgIpc) is 2.92. The van der Waals surface area contributed by atoms with Crippen molar-refractivity contribution in [1.82, 2.24) is 15.0 Å². The number of rotatable bonds is 3. The highest BCUT2D eigenvalue weighted by Gasteiger charge is 2.31. The number of alkyl halides is 3. The van der Waals surface area contributed by atoms with E-state index < -0.39 is 11.7 Å². The Balaban J connectivity index is 1.60. The van der Waals surface area contributed by atoms with E-state index in [4.69, 9.17) is 4.52 Å². The number of benzene rings is 1. The van der Waals surface area contributed by atoms with Gasteiger partial charge in [0.15, 0.2) is 5.82 Å². The van der Waals surface area contributed by atoms with Crippen LogP contribution in [0.1, 0.15) is 17.3 Å². The van der Waals surface area contributed by atoms with Gasteiger partial charge in [0.05, 0.1) is 12.1 Å². The van der Waals surface area contributed by atoms with Gasteiger partial charge in [0.25, 0.3) is 0 Å². The molecule has 0 amide bonds. The Morgan fingerprint density at radius 2 is 1.91 bits per heavy atom. The Bertz CT molecular complexity index is 663. The predicted octanol–water partition coefficient (Wildman–Crippen LogP) is 2.72. The molecule has 8 heteroatoms. The molecule has 0 atom stereocenters. The van der Waals surface area contributed by atoms with Gasteiger partial charge in [0.2, 0.25) is 5.89 Å². The van der Waals surface area contributed by atoms with Crippen LogP contribution in [0.25, 0.3) is 0 Å². The molecule has 0 radical (unpaired) electrons. The number of aryl methyl sites for hydroxylation is 1. The van der Waals surface area contributed by atoms with E-state index in [2.05, 4.69) is 15.0 Å². The van der Waals surface area contributed by atoms with Crippen LogP contribution in [0, 0.1) is 6.92 Å². The SMILES string of the molecule is Cc1noc(CN2CCN(c3cccc(C(F)(F)F)c3)CC2)n1. The van der Waals surface area contributed by atoms with E-state index in [0.717, 1.165) is 19.2 Å². The van der Waals surface area contributed by atoms with Crippen LogP contribution in [0.2, 0.25) is 0 Å². The molecule has 2 aromatic rings. The third-order valence-electron chi connectivity index (χ3n) is 3.84. The zero-order chi connectivity index (χ0) is 16.4. The summed E-state index contributed by atoms with van der Waals surface area (Å²) in [4.78, 5) is 8.28. The predicted molar refractivity (Wildman–Crippen MR) is 78.0 cm³/mol. The van der Waals surface area contributed by atoms with Gasteiger partial charge in [0, 0.05) is 31.9 Å². The molecule has 0 unspecified atom stereocenters. The van der Waals surface area contributed by atoms with E-state index in [1.54, 1.807) is 13.0 Å². The van der Waals surface area contributed by atoms with Gasteiger partial charge in [-0.05, 0) is 25.1 Å². The molecule has 0 spiro atoms. The second-order valence-corrected chi connectivity index (χ2v) is 5.55. The van der Waals surface area contributed by atoms with Gasteiger partial charge in [-0.2, -0.15) is 18.2 Å². The Hall–Kier alpha value is -2.09. The van der Waals surface area contributed by atoms with Crippen molar-refractivity contribution < 1.29 is 17.7 Å². The van der Waals surface area contributed by atoms with Gasteiger partial charge in [0.1, 0.15) is 0 Å². The molecule has 1 fully saturated rings. The first-order chi connectivity index (χ1) is 10.9. The normalized spacial score (nSPS) is 16.8. The molecule has 1 aromatic heterocycles. The van der Waals surface area contributed by atoms with Crippen LogP contribution in [0.15, 0.2) is 28.8 Å². The van der Waals surface area contributed by atoms with Crippen LogP contribution in [-0.2, 0) is 12.7 Å². The largest absolute Gasteiger partial charge is 0.416 e. The molecule has 0 aliphatic carbocycles. The van der Waals surface area contributed by atoms with Gasteiger partial charge in [-0.3, -0.25) is 4.90 Å². The number of piperazine rings is 1. The highest BCUT2D eigenvalue weighted by molar-refractivity contribution is 5.49. The molecule has 124 valence electrons. The van der Waals surface area contributed by atoms with Crippen molar-refractivity contribution in [1.29, 1.82) is 0 Å². The number of halogens is 3. The fourth-order valence-electron chi connectivity index (χ4n) is 2.64. The standard InChI is InChI=1S/C15H17F3N4O/c1-11-19-14(23-20-11)10-21-5-7-22(8-6-21)13-4-2-3-12(9-13)15(16,17)18/h2-4,9H,5-8,10H2,1H3. The Morgan fingerprint density at radius 1 is 1.17 bits per heavy atom. The van der Waals surface area contributed by atoms with Gasteiger partial charge >= 0.3 is 6.18 Å². The molecular formula is C15H17F3N4O. The molecule has 23 heavy (non-hydrogen) atoms. The van der Waals surface area contributed by atoms with Crippen molar-refractivity contribution in [3.63, 3.8) is 0 Å². The highest BCUT2D eigenvalue weighted by atomic mass is 19.4. The molecule has 2 heterocycles. The number of anilines is 1. The number of hydrogen-bond donors (Lipinski definition) is 0. The Kier molecular flexibility index (Phi) is 4.25. The van der Waals surface area contributed by atoms with Crippen molar-refractivity contribution in [2.75, 3.05) is 31.1 Å². The summed E-state index contributed by atoms with van der Waals surface area (Å²) in [5.41, 5.74) is -0.00752. The lowest BCUT2D eigenvalue weighted by Gasteiger charge is -2.35. The summed E-state index contributed by atoms with van der Waals surface area (Å²) in [7, 11) is 0. The molecule has 1 aliphatic rings. The maximum Gasteiger partial charge on any atom is 0.416 e. The summed E-state index contributed by atoms with van der Waals surface area (Å²) in [5.74, 6) is 1.16. The van der Waals surface area contributed by atoms with Crippen LogP contribution in [-0.4, -0.2) is 41.2 Å². The Morgan fingerprint density at radius 3 is 2.52 bits per heavy atom. The molecule has 0 bridgehead atoms. The van der Waals surface area contributed by atoms with E-state index in [9.17, 15) is 13.2 Å². The minimum atomic E-state index is -4.31. The molecule has 1 aromatic carbocycles. The number of aromatic nitrogens is 2. The number of hydrogen-bond acceptors (Lipinski definition) is 5. The van der Waals surface area contributed by atoms with Gasteiger partial charge in [-0.15, -0.1) is 0 Å². The number of nitrogens with zero attached hydrogens (tertiary/aromatic N) is 4. The highest BCUT2D eigenvalue weighted by Crippen LogP contribution is 2.31. The maximum absolute atomic E-state index is 12.8. The first kappa shape index (κ1) is 15.8. The minimum absolute atomic E-state index is 0.565. The van der Waals surface area contributed by atoms with Crippen molar-refractivity contribution in [2.24, 2.45) is 0 Å². The van der Waals surface area contributed by atoms with Crippen LogP contribution in [0.5, 0.6) is 0 Å². The fraction of sp³-hybridized carbons (Fsp3) is 0.467. The van der Waals surface area contributed by atoms with E-state index in [-0.39, 0.29) is 0 Å². The summed E-state index contributed by atoms with van der Waals surface area (Å²) in [6.07, 6.45) is -4.31. The van der Waals surface area contributed by atoms with Gasteiger partial charge in [-0.1, -0.05) is 11.2 Å². The van der Waals surface area contributed by atoms with Crippen LogP contribution in [0.4, 0.5) is 18.9 Å². The Labute approximate surface area is 131 Å². The minimum Gasteiger partial charge on any atom is -0.369 e. The molecule has 0 saturated carbocycles. The average molecular weight is 326 g/mol. The maximum atomic E-state index is 12.8. The molecule has 1 saturated heterocycles. The van der Waals surface area contributed by atoms with E-state index >= 15 is 0 Å². The van der Waals surface area contributed by atoms with E-state index in [1.807, 2.05) is 4.90 Å². The monoisotopic (exact) mass is 326 g/mol. The van der Waals surface area contributed by atoms with Crippen molar-refractivity contribution >= 4 is 5.69 Å². The molecule has 0 N–H and O–H groups in total. The van der Waals surface area contributed by atoms with Crippen molar-refractivity contribution in [3.8, 4) is 0 Å². The third kappa shape index (κ3) is 3.82. The van der Waals surface area contributed by atoms with Crippen LogP contribution in [0.3, 0.4) is 0 Å². The second kappa shape index (κ2) is 6.19. The molecular weight excluding hydrogens is 309 g/mol. The third-order valence-corrected chi connectivity index (χ3v) is 3.84. The zero-order valence-electron chi connectivity index (χ0n) is 12.7. The molecule has 5 nitrogen and oxygen atoms in total. The van der Waals surface area contributed by atoms with E-state index in [0.29, 0.717) is 37.0 Å². The molecule has 3 rings (SSSR count). The summed E-state index contributed by atoms with van der Waals surface area (Å²) in [6, 6.07) is 5.46. The quantitative estimate of drug-likeness (QED) is 0.868. The first-order valence-electron chi connectivity index (χ1n) is 7.35. The summed E-state index contributed by atoms with van der Waals surface area (Å²) >= 11 is 0. The first-order valence-corrected chi connectivity index (χ1v) is 7.35. The smallest absolute Gasteiger partial charge is 0.369 e. The van der Waals surface area contributed by atoms with E-state index in [1.165, 1.54) is 12.1 Å². The molecule has 1 aliphatic heterocycles. The lowest BCUT2D eigenvalue weighted by Crippen LogP contribution is -2.46. The topological polar surface area (TPSA) is 45.4 Å². The van der Waals surface area contributed by atoms with Crippen molar-refractivity contribution in [3.05, 3.63) is 41.5 Å². The summed E-state index contributed by atoms with van der Waals surface area (Å²) in [5, 5.41) is 3.75. The summed E-state index contributed by atoms with van der Waals surface area (Å²) < 4.78 is 43.5. The zero-order valence-corrected chi connectivity index (χ0v) is 12.7. The van der Waals surface area contributed by atoms with Gasteiger partial charge in [-0.25, -0.2) is 0 Å². The lowest BCUT2D eigenvalue weighted by molar-refractivity contribution is -0.137. The van der Waals surface area contributed by atoms with Crippen molar-refractivity contribution in [2.45, 2.75) is 19.6 Å². The fourth-order valence-corrected chi connectivity index (χ4v) is 2.64. The lowest BCUT2D eigenvalue weighted by atomic mass is 10.1. The van der Waals surface area contributed by atoms with Gasteiger partial charge < -0.3 is 9.42 Å². The van der Waals surface area contributed by atoms with Crippen LogP contribution < -0.4 is 4.90 Å². The summed E-state index contributed by atoms with van der Waals surface area (Å²) in [6.45, 7) is 5.12. The second-order valence-electron chi connectivity index (χ2n) is 5.55.